The molecule has 25 heavy (non-hydrogen) atoms. The molecule has 0 aromatic carbocycles. The Balaban J connectivity index is 2.29. The van der Waals surface area contributed by atoms with Crippen LogP contribution in [0, 0.1) is 5.92 Å². The topological polar surface area (TPSA) is 102 Å². The summed E-state index contributed by atoms with van der Waals surface area (Å²) in [6.45, 7) is 7.20. The Morgan fingerprint density at radius 2 is 2.08 bits per heavy atom. The van der Waals surface area contributed by atoms with Gasteiger partial charge in [-0.1, -0.05) is 6.08 Å². The lowest BCUT2D eigenvalue weighted by Gasteiger charge is -2.39. The summed E-state index contributed by atoms with van der Waals surface area (Å²) in [5.41, 5.74) is 0. The van der Waals surface area contributed by atoms with E-state index in [9.17, 15) is 18.0 Å². The first-order valence-electron chi connectivity index (χ1n) is 8.39. The minimum atomic E-state index is -3.73. The van der Waals surface area contributed by atoms with Crippen LogP contribution in [0.25, 0.3) is 0 Å². The number of hydrogen-bond acceptors (Lipinski definition) is 6. The van der Waals surface area contributed by atoms with Crippen LogP contribution >= 0.6 is 0 Å². The van der Waals surface area contributed by atoms with Gasteiger partial charge < -0.3 is 14.8 Å². The summed E-state index contributed by atoms with van der Waals surface area (Å²) in [4.78, 5) is 23.8. The van der Waals surface area contributed by atoms with E-state index in [2.05, 4.69) is 5.32 Å². The van der Waals surface area contributed by atoms with Crippen molar-refractivity contribution in [2.75, 3.05) is 13.2 Å². The Labute approximate surface area is 148 Å². The molecule has 9 heteroatoms. The molecule has 0 spiro atoms. The fourth-order valence-electron chi connectivity index (χ4n) is 2.67. The highest BCUT2D eigenvalue weighted by Gasteiger charge is 2.43. The summed E-state index contributed by atoms with van der Waals surface area (Å²) in [6.07, 6.45) is 1.77. The molecule has 0 aromatic heterocycles. The van der Waals surface area contributed by atoms with E-state index < -0.39 is 39.0 Å². The molecule has 0 aliphatic carbocycles. The van der Waals surface area contributed by atoms with E-state index in [1.54, 1.807) is 27.7 Å². The van der Waals surface area contributed by atoms with Gasteiger partial charge in [0.1, 0.15) is 12.3 Å². The molecule has 1 N–H and O–H groups in total. The molecule has 1 saturated heterocycles. The van der Waals surface area contributed by atoms with Crippen LogP contribution in [-0.4, -0.2) is 54.8 Å². The highest BCUT2D eigenvalue weighted by Crippen LogP contribution is 2.31. The van der Waals surface area contributed by atoms with Gasteiger partial charge in [-0.15, -0.1) is 0 Å². The number of esters is 1. The molecule has 1 fully saturated rings. The first-order valence-corrected chi connectivity index (χ1v) is 9.83. The molecule has 2 rings (SSSR count). The number of rotatable bonds is 5. The largest absolute Gasteiger partial charge is 0.466 e. The molecule has 0 radical (unpaired) electrons. The highest BCUT2D eigenvalue weighted by molar-refractivity contribution is 7.90. The smallest absolute Gasteiger partial charge is 0.313 e. The molecule has 8 nitrogen and oxygen atoms in total. The van der Waals surface area contributed by atoms with Gasteiger partial charge in [-0.2, -0.15) is 0 Å². The van der Waals surface area contributed by atoms with Crippen molar-refractivity contribution in [3.05, 3.63) is 12.3 Å². The molecule has 3 atom stereocenters. The SMILES string of the molecule is CCOC(=O)[C@H]1C=CN(S(=O)(=O)C(C)(C)C)[C@@H](O[C@H]2CCNC2=O)C1. The average molecular weight is 374 g/mol. The monoisotopic (exact) mass is 374 g/mol. The van der Waals surface area contributed by atoms with E-state index in [1.807, 2.05) is 0 Å². The fraction of sp³-hybridized carbons (Fsp3) is 0.750. The Morgan fingerprint density at radius 1 is 1.40 bits per heavy atom. The van der Waals surface area contributed by atoms with E-state index in [0.717, 1.165) is 4.31 Å². The van der Waals surface area contributed by atoms with Crippen molar-refractivity contribution in [3.63, 3.8) is 0 Å². The van der Waals surface area contributed by atoms with Gasteiger partial charge in [0.2, 0.25) is 15.9 Å². The first-order chi connectivity index (χ1) is 11.6. The average Bonchev–Trinajstić information content (AvgIpc) is 2.91. The lowest BCUT2D eigenvalue weighted by molar-refractivity contribution is -0.151. The Morgan fingerprint density at radius 3 is 2.60 bits per heavy atom. The number of nitrogens with one attached hydrogen (secondary N) is 1. The third-order valence-electron chi connectivity index (χ3n) is 4.16. The predicted octanol–water partition coefficient (Wildman–Crippen LogP) is 0.745. The number of hydrogen-bond donors (Lipinski definition) is 1. The molecular formula is C16H26N2O6S. The molecule has 142 valence electrons. The standard InChI is InChI=1S/C16H26N2O6S/c1-5-23-15(20)11-7-9-18(25(21,22)16(2,3)4)13(10-11)24-12-6-8-17-14(12)19/h7,9,11-13H,5-6,8,10H2,1-4H3,(H,17,19)/t11-,12-,13-/m0/s1. The molecule has 2 aliphatic rings. The second kappa shape index (κ2) is 7.33. The summed E-state index contributed by atoms with van der Waals surface area (Å²) < 4.78 is 36.6. The van der Waals surface area contributed by atoms with Crippen LogP contribution < -0.4 is 5.32 Å². The minimum Gasteiger partial charge on any atom is -0.466 e. The second-order valence-electron chi connectivity index (χ2n) is 7.04. The lowest BCUT2D eigenvalue weighted by atomic mass is 10.0. The number of amides is 1. The maximum absolute atomic E-state index is 12.9. The summed E-state index contributed by atoms with van der Waals surface area (Å²) in [6, 6.07) is 0. The minimum absolute atomic E-state index is 0.106. The van der Waals surface area contributed by atoms with Crippen molar-refractivity contribution in [1.82, 2.24) is 9.62 Å². The number of carbonyl (C=O) groups excluding carboxylic acids is 2. The lowest BCUT2D eigenvalue weighted by Crippen LogP contribution is -2.50. The first kappa shape index (κ1) is 19.7. The van der Waals surface area contributed by atoms with Crippen molar-refractivity contribution in [1.29, 1.82) is 0 Å². The van der Waals surface area contributed by atoms with Crippen molar-refractivity contribution in [2.24, 2.45) is 5.92 Å². The number of ether oxygens (including phenoxy) is 2. The third-order valence-corrected chi connectivity index (χ3v) is 6.62. The van der Waals surface area contributed by atoms with Gasteiger partial charge >= 0.3 is 5.97 Å². The molecular weight excluding hydrogens is 348 g/mol. The maximum atomic E-state index is 12.9. The third kappa shape index (κ3) is 4.14. The molecule has 1 amide bonds. The molecule has 2 aliphatic heterocycles. The van der Waals surface area contributed by atoms with Crippen molar-refractivity contribution < 1.29 is 27.5 Å². The zero-order chi connectivity index (χ0) is 18.8. The van der Waals surface area contributed by atoms with Crippen LogP contribution in [0.3, 0.4) is 0 Å². The van der Waals surface area contributed by atoms with E-state index >= 15 is 0 Å². The fourth-order valence-corrected chi connectivity index (χ4v) is 3.97. The molecule has 2 heterocycles. The predicted molar refractivity (Wildman–Crippen MR) is 90.7 cm³/mol. The molecule has 0 aromatic rings. The summed E-state index contributed by atoms with van der Waals surface area (Å²) >= 11 is 0. The quantitative estimate of drug-likeness (QED) is 0.712. The van der Waals surface area contributed by atoms with Gasteiger partial charge in [0.25, 0.3) is 0 Å². The van der Waals surface area contributed by atoms with E-state index in [1.165, 1.54) is 12.3 Å². The molecule has 0 bridgehead atoms. The van der Waals surface area contributed by atoms with E-state index in [4.69, 9.17) is 9.47 Å². The van der Waals surface area contributed by atoms with Gasteiger partial charge in [-0.25, -0.2) is 12.7 Å². The second-order valence-corrected chi connectivity index (χ2v) is 9.64. The van der Waals surface area contributed by atoms with Gasteiger partial charge in [-0.05, 0) is 27.7 Å². The van der Waals surface area contributed by atoms with Crippen molar-refractivity contribution in [3.8, 4) is 0 Å². The number of sulfonamides is 1. The normalized spacial score (nSPS) is 27.3. The van der Waals surface area contributed by atoms with Gasteiger partial charge in [-0.3, -0.25) is 9.59 Å². The van der Waals surface area contributed by atoms with Crippen LogP contribution in [-0.2, 0) is 29.1 Å². The van der Waals surface area contributed by atoms with Gasteiger partial charge in [0, 0.05) is 25.6 Å². The molecule has 0 unspecified atom stereocenters. The van der Waals surface area contributed by atoms with Crippen LogP contribution in [0.1, 0.15) is 40.5 Å². The van der Waals surface area contributed by atoms with Crippen LogP contribution in [0.4, 0.5) is 0 Å². The van der Waals surface area contributed by atoms with E-state index in [-0.39, 0.29) is 18.9 Å². The van der Waals surface area contributed by atoms with E-state index in [0.29, 0.717) is 13.0 Å². The summed E-state index contributed by atoms with van der Waals surface area (Å²) in [5.74, 6) is -1.31. The Bertz CT molecular complexity index is 652. The van der Waals surface area contributed by atoms with Gasteiger partial charge in [0.15, 0.2) is 0 Å². The summed E-state index contributed by atoms with van der Waals surface area (Å²) in [7, 11) is -3.73. The van der Waals surface area contributed by atoms with Crippen LogP contribution in [0.2, 0.25) is 0 Å². The number of nitrogens with zero attached hydrogens (tertiary/aromatic N) is 1. The number of carbonyl (C=O) groups is 2. The zero-order valence-electron chi connectivity index (χ0n) is 15.0. The summed E-state index contributed by atoms with van der Waals surface area (Å²) in [5, 5.41) is 2.66. The van der Waals surface area contributed by atoms with Crippen molar-refractivity contribution >= 4 is 21.9 Å². The van der Waals surface area contributed by atoms with Crippen molar-refractivity contribution in [2.45, 2.75) is 57.6 Å². The van der Waals surface area contributed by atoms with Gasteiger partial charge in [0.05, 0.1) is 17.3 Å². The Kier molecular flexibility index (Phi) is 5.78. The zero-order valence-corrected chi connectivity index (χ0v) is 15.8. The molecule has 0 saturated carbocycles. The highest BCUT2D eigenvalue weighted by atomic mass is 32.2. The Hall–Kier alpha value is -1.61. The van der Waals surface area contributed by atoms with Crippen LogP contribution in [0.5, 0.6) is 0 Å². The maximum Gasteiger partial charge on any atom is 0.313 e. The van der Waals surface area contributed by atoms with Crippen LogP contribution in [0.15, 0.2) is 12.3 Å².